The molecule has 0 aromatic heterocycles. The van der Waals surface area contributed by atoms with Crippen LogP contribution in [0.1, 0.15) is 51.5 Å². The van der Waals surface area contributed by atoms with Gasteiger partial charge in [-0.15, -0.1) is 0 Å². The van der Waals surface area contributed by atoms with E-state index in [0.717, 1.165) is 33.9 Å². The first-order valence-corrected chi connectivity index (χ1v) is 15.3. The molecule has 226 valence electrons. The highest BCUT2D eigenvalue weighted by atomic mass is 16.5. The minimum Gasteiger partial charge on any atom is -0.507 e. The van der Waals surface area contributed by atoms with Crippen LogP contribution in [0.25, 0.3) is 16.8 Å². The van der Waals surface area contributed by atoms with Crippen molar-refractivity contribution in [2.45, 2.75) is 52.1 Å². The van der Waals surface area contributed by atoms with Gasteiger partial charge in [-0.05, 0) is 72.4 Å². The third kappa shape index (κ3) is 6.24. The molecule has 3 aromatic rings. The summed E-state index contributed by atoms with van der Waals surface area (Å²) in [6, 6.07) is 20.7. The average Bonchev–Trinajstić information content (AvgIpc) is 3.27. The molecule has 43 heavy (non-hydrogen) atoms. The van der Waals surface area contributed by atoms with Gasteiger partial charge in [-0.2, -0.15) is 0 Å². The fraction of sp³-hybridized carbons (Fsp3) is 0.389. The summed E-state index contributed by atoms with van der Waals surface area (Å²) in [5.74, 6) is -1.44. The minimum atomic E-state index is -0.915. The maximum Gasteiger partial charge on any atom is 0.233 e. The van der Waals surface area contributed by atoms with E-state index in [2.05, 4.69) is 13.0 Å². The van der Waals surface area contributed by atoms with Gasteiger partial charge in [-0.3, -0.25) is 14.5 Å². The number of benzene rings is 3. The van der Waals surface area contributed by atoms with Crippen LogP contribution in [0.2, 0.25) is 0 Å². The second-order valence-corrected chi connectivity index (χ2v) is 11.5. The van der Waals surface area contributed by atoms with Crippen LogP contribution in [0.5, 0.6) is 11.5 Å². The summed E-state index contributed by atoms with van der Waals surface area (Å²) in [6.45, 7) is 4.19. The Bertz CT molecular complexity index is 1530. The Morgan fingerprint density at radius 2 is 1.72 bits per heavy atom. The average molecular weight is 584 g/mol. The number of carbonyl (C=O) groups is 2. The number of rotatable bonds is 12. The number of imide groups is 1. The summed E-state index contributed by atoms with van der Waals surface area (Å²) in [5, 5.41) is 34.4. The number of phenolic OH excluding ortho intramolecular Hbond substituents is 1. The number of likely N-dealkylation sites (tertiary alicyclic amines) is 1. The van der Waals surface area contributed by atoms with Gasteiger partial charge in [0, 0.05) is 17.8 Å². The van der Waals surface area contributed by atoms with Gasteiger partial charge in [0.25, 0.3) is 0 Å². The molecule has 7 heteroatoms. The molecule has 2 amide bonds. The lowest BCUT2D eigenvalue weighted by Crippen LogP contribution is -2.40. The Morgan fingerprint density at radius 1 is 1.00 bits per heavy atom. The van der Waals surface area contributed by atoms with Crippen molar-refractivity contribution in [3.8, 4) is 11.5 Å². The lowest BCUT2D eigenvalue weighted by molar-refractivity contribution is -0.140. The maximum absolute atomic E-state index is 13.4. The van der Waals surface area contributed by atoms with Gasteiger partial charge in [-0.25, -0.2) is 0 Å². The number of phenols is 1. The molecule has 0 spiro atoms. The molecule has 1 aliphatic heterocycles. The number of ether oxygens (including phenoxy) is 1. The Balaban J connectivity index is 1.43. The van der Waals surface area contributed by atoms with Crippen molar-refractivity contribution in [3.63, 3.8) is 0 Å². The van der Waals surface area contributed by atoms with Crippen LogP contribution in [0.3, 0.4) is 0 Å². The van der Waals surface area contributed by atoms with Crippen LogP contribution < -0.4 is 4.74 Å². The predicted octanol–water partition coefficient (Wildman–Crippen LogP) is 5.88. The largest absolute Gasteiger partial charge is 0.507 e. The summed E-state index contributed by atoms with van der Waals surface area (Å²) >= 11 is 0. The van der Waals surface area contributed by atoms with Crippen molar-refractivity contribution >= 4 is 28.7 Å². The third-order valence-corrected chi connectivity index (χ3v) is 8.92. The highest BCUT2D eigenvalue weighted by Gasteiger charge is 2.54. The second-order valence-electron chi connectivity index (χ2n) is 11.5. The van der Waals surface area contributed by atoms with E-state index in [4.69, 9.17) is 4.74 Å². The molecule has 7 nitrogen and oxygen atoms in total. The number of aliphatic hydroxyl groups is 2. The second kappa shape index (κ2) is 13.6. The molecule has 0 saturated carbocycles. The van der Waals surface area contributed by atoms with E-state index in [0.29, 0.717) is 43.6 Å². The van der Waals surface area contributed by atoms with E-state index in [-0.39, 0.29) is 30.8 Å². The molecule has 0 radical (unpaired) electrons. The first-order chi connectivity index (χ1) is 20.9. The number of carbonyl (C=O) groups excluding carboxylic acids is 2. The van der Waals surface area contributed by atoms with E-state index < -0.39 is 23.9 Å². The summed E-state index contributed by atoms with van der Waals surface area (Å²) in [6.07, 6.45) is 3.96. The minimum absolute atomic E-state index is 0.168. The molecule has 1 fully saturated rings. The zero-order valence-electron chi connectivity index (χ0n) is 24.9. The predicted molar refractivity (Wildman–Crippen MR) is 167 cm³/mol. The highest BCUT2D eigenvalue weighted by molar-refractivity contribution is 6.06. The lowest BCUT2D eigenvalue weighted by atomic mass is 9.68. The summed E-state index contributed by atoms with van der Waals surface area (Å²) in [7, 11) is 0. The molecule has 1 aliphatic carbocycles. The van der Waals surface area contributed by atoms with Gasteiger partial charge < -0.3 is 20.1 Å². The van der Waals surface area contributed by atoms with E-state index in [1.54, 1.807) is 6.07 Å². The molecule has 1 saturated heterocycles. The van der Waals surface area contributed by atoms with Crippen molar-refractivity contribution in [2.24, 2.45) is 17.8 Å². The zero-order chi connectivity index (χ0) is 30.5. The SMILES string of the molecule is CCCN1C(=O)[C@@H]2[C@@H](CC(COc3ccccc3)=C([C@H](O)CC/C(=C/c3ccc(O)c4ccccc34)CC)[C@@H]2CO)C1=O. The molecule has 0 bridgehead atoms. The topological polar surface area (TPSA) is 107 Å². The molecule has 0 unspecified atom stereocenters. The van der Waals surface area contributed by atoms with Crippen LogP contribution in [-0.4, -0.2) is 57.9 Å². The summed E-state index contributed by atoms with van der Waals surface area (Å²) in [5.41, 5.74) is 3.54. The molecule has 1 heterocycles. The van der Waals surface area contributed by atoms with E-state index in [9.17, 15) is 24.9 Å². The van der Waals surface area contributed by atoms with Gasteiger partial charge in [0.2, 0.25) is 11.8 Å². The molecule has 4 atom stereocenters. The van der Waals surface area contributed by atoms with Crippen LogP contribution in [0.4, 0.5) is 0 Å². The third-order valence-electron chi connectivity index (χ3n) is 8.92. The number of hydrogen-bond donors (Lipinski definition) is 3. The fourth-order valence-corrected chi connectivity index (χ4v) is 6.77. The highest BCUT2D eigenvalue weighted by Crippen LogP contribution is 2.46. The van der Waals surface area contributed by atoms with Crippen molar-refractivity contribution in [1.82, 2.24) is 4.90 Å². The maximum atomic E-state index is 13.4. The number of hydrogen-bond acceptors (Lipinski definition) is 6. The monoisotopic (exact) mass is 583 g/mol. The molecule has 3 aromatic carbocycles. The van der Waals surface area contributed by atoms with E-state index in [1.807, 2.05) is 67.6 Å². The van der Waals surface area contributed by atoms with Crippen LogP contribution in [-0.2, 0) is 9.59 Å². The molecule has 3 N–H and O–H groups in total. The summed E-state index contributed by atoms with van der Waals surface area (Å²) in [4.78, 5) is 28.1. The van der Waals surface area contributed by atoms with Crippen LogP contribution >= 0.6 is 0 Å². The van der Waals surface area contributed by atoms with Gasteiger partial charge in [0.15, 0.2) is 0 Å². The molecule has 2 aliphatic rings. The van der Waals surface area contributed by atoms with Crippen molar-refractivity contribution < 1.29 is 29.6 Å². The number of aromatic hydroxyl groups is 1. The van der Waals surface area contributed by atoms with E-state index in [1.165, 1.54) is 4.90 Å². The normalized spacial score (nSPS) is 21.4. The van der Waals surface area contributed by atoms with Gasteiger partial charge in [0.1, 0.15) is 18.1 Å². The first kappa shape index (κ1) is 30.5. The number of allylic oxidation sites excluding steroid dienone is 1. The molecular weight excluding hydrogens is 542 g/mol. The van der Waals surface area contributed by atoms with E-state index >= 15 is 0 Å². The van der Waals surface area contributed by atoms with Crippen molar-refractivity contribution in [2.75, 3.05) is 19.8 Å². The zero-order valence-corrected chi connectivity index (χ0v) is 24.9. The number of amides is 2. The Labute approximate surface area is 253 Å². The Hall–Kier alpha value is -3.94. The Morgan fingerprint density at radius 3 is 2.42 bits per heavy atom. The number of aliphatic hydroxyl groups excluding tert-OH is 2. The number of fused-ring (bicyclic) bond motifs is 2. The van der Waals surface area contributed by atoms with Crippen LogP contribution in [0.15, 0.2) is 83.4 Å². The van der Waals surface area contributed by atoms with Gasteiger partial charge in [0.05, 0.1) is 24.5 Å². The molecular formula is C36H41NO6. The number of nitrogens with zero attached hydrogens (tertiary/aromatic N) is 1. The lowest BCUT2D eigenvalue weighted by Gasteiger charge is -2.36. The van der Waals surface area contributed by atoms with Crippen molar-refractivity contribution in [3.05, 3.63) is 89.0 Å². The first-order valence-electron chi connectivity index (χ1n) is 15.3. The quantitative estimate of drug-likeness (QED) is 0.182. The fourth-order valence-electron chi connectivity index (χ4n) is 6.77. The number of para-hydroxylation sites is 1. The van der Waals surface area contributed by atoms with Gasteiger partial charge in [-0.1, -0.05) is 74.0 Å². The van der Waals surface area contributed by atoms with Crippen molar-refractivity contribution in [1.29, 1.82) is 0 Å². The summed E-state index contributed by atoms with van der Waals surface area (Å²) < 4.78 is 6.09. The Kier molecular flexibility index (Phi) is 9.63. The van der Waals surface area contributed by atoms with Crippen LogP contribution in [0, 0.1) is 17.8 Å². The van der Waals surface area contributed by atoms with Gasteiger partial charge >= 0.3 is 0 Å². The smallest absolute Gasteiger partial charge is 0.233 e. The molecule has 5 rings (SSSR count). The standard InChI is InChI=1S/C36H41NO6/c1-3-18-37-35(41)29-20-25(22-43-26-10-6-5-7-11-26)33(30(21-38)34(29)36(37)42)32(40)16-14-23(4-2)19-24-15-17-31(39)28-13-9-8-12-27(24)28/h5-13,15,17,19,29-30,32,34,38-40H,3-4,14,16,18,20-22H2,1-2H3/b23-19+/t29-,30+,32-,34-/m1/s1.